The Morgan fingerprint density at radius 3 is 2.55 bits per heavy atom. The Balaban J connectivity index is 2.83. The van der Waals surface area contributed by atoms with Crippen molar-refractivity contribution < 1.29 is 31.8 Å². The molecule has 0 heterocycles. The van der Waals surface area contributed by atoms with Crippen molar-refractivity contribution in [2.45, 2.75) is 25.3 Å². The molecule has 1 aromatic rings. The molecule has 0 aliphatic carbocycles. The summed E-state index contributed by atoms with van der Waals surface area (Å²) >= 11 is 0. The topological polar surface area (TPSA) is 92.7 Å². The average Bonchev–Trinajstić information content (AvgIpc) is 2.36. The van der Waals surface area contributed by atoms with Gasteiger partial charge in [-0.25, -0.2) is 13.1 Å². The lowest BCUT2D eigenvalue weighted by Crippen LogP contribution is -2.37. The van der Waals surface area contributed by atoms with Gasteiger partial charge in [0.1, 0.15) is 5.75 Å². The zero-order valence-corrected chi connectivity index (χ0v) is 11.2. The predicted octanol–water partition coefficient (Wildman–Crippen LogP) is 1.18. The van der Waals surface area contributed by atoms with Gasteiger partial charge in [0.2, 0.25) is 10.0 Å². The lowest BCUT2D eigenvalue weighted by atomic mass is 10.2. The summed E-state index contributed by atoms with van der Waals surface area (Å²) in [6.07, 6.45) is 0. The van der Waals surface area contributed by atoms with Crippen LogP contribution in [0.1, 0.15) is 12.5 Å². The van der Waals surface area contributed by atoms with Crippen molar-refractivity contribution in [1.82, 2.24) is 4.72 Å². The predicted molar refractivity (Wildman–Crippen MR) is 65.9 cm³/mol. The van der Waals surface area contributed by atoms with E-state index in [0.29, 0.717) is 0 Å². The number of hydrogen-bond acceptors (Lipinski definition) is 4. The first-order chi connectivity index (χ1) is 9.24. The molecule has 1 atom stereocenters. The van der Waals surface area contributed by atoms with Crippen molar-refractivity contribution in [3.8, 4) is 5.75 Å². The maximum Gasteiger partial charge on any atom is 0.387 e. The fraction of sp³-hybridized carbons (Fsp3) is 0.364. The zero-order chi connectivity index (χ0) is 15.3. The molecule has 0 aliphatic heterocycles. The third kappa shape index (κ3) is 4.42. The third-order valence-electron chi connectivity index (χ3n) is 2.47. The van der Waals surface area contributed by atoms with Crippen molar-refractivity contribution in [3.63, 3.8) is 0 Å². The van der Waals surface area contributed by atoms with Crippen LogP contribution < -0.4 is 9.46 Å². The van der Waals surface area contributed by atoms with Gasteiger partial charge < -0.3 is 9.84 Å². The van der Waals surface area contributed by atoms with Crippen molar-refractivity contribution >= 4 is 16.0 Å². The molecule has 0 radical (unpaired) electrons. The molecule has 6 nitrogen and oxygen atoms in total. The number of sulfonamides is 1. The number of aliphatic carboxylic acids is 1. The summed E-state index contributed by atoms with van der Waals surface area (Å²) in [5.74, 6) is -1.68. The van der Waals surface area contributed by atoms with Crippen molar-refractivity contribution in [2.24, 2.45) is 0 Å². The van der Waals surface area contributed by atoms with E-state index in [4.69, 9.17) is 5.11 Å². The highest BCUT2D eigenvalue weighted by molar-refractivity contribution is 7.90. The van der Waals surface area contributed by atoms with Gasteiger partial charge in [0, 0.05) is 12.1 Å². The van der Waals surface area contributed by atoms with Gasteiger partial charge in [0.25, 0.3) is 0 Å². The van der Waals surface area contributed by atoms with Crippen LogP contribution >= 0.6 is 0 Å². The molecule has 9 heteroatoms. The Morgan fingerprint density at radius 2 is 2.00 bits per heavy atom. The Morgan fingerprint density at radius 1 is 1.40 bits per heavy atom. The van der Waals surface area contributed by atoms with Gasteiger partial charge in [-0.15, -0.1) is 0 Å². The molecule has 0 aromatic heterocycles. The molecule has 0 saturated heterocycles. The molecule has 112 valence electrons. The van der Waals surface area contributed by atoms with E-state index in [1.165, 1.54) is 24.3 Å². The minimum atomic E-state index is -4.10. The second-order valence-electron chi connectivity index (χ2n) is 3.83. The highest BCUT2D eigenvalue weighted by atomic mass is 32.2. The number of nitrogens with one attached hydrogen (secondary N) is 1. The number of rotatable bonds is 7. The smallest absolute Gasteiger partial charge is 0.387 e. The zero-order valence-electron chi connectivity index (χ0n) is 10.4. The fourth-order valence-corrected chi connectivity index (χ4v) is 2.17. The number of carboxylic acids is 1. The molecule has 20 heavy (non-hydrogen) atoms. The lowest BCUT2D eigenvalue weighted by molar-refractivity contribution is -0.136. The van der Waals surface area contributed by atoms with Crippen LogP contribution in [0.5, 0.6) is 5.75 Å². The van der Waals surface area contributed by atoms with E-state index in [2.05, 4.69) is 4.74 Å². The van der Waals surface area contributed by atoms with Gasteiger partial charge in [-0.3, -0.25) is 4.79 Å². The first kappa shape index (κ1) is 16.3. The highest BCUT2D eigenvalue weighted by Crippen LogP contribution is 2.20. The second-order valence-corrected chi connectivity index (χ2v) is 5.92. The maximum atomic E-state index is 12.2. The standard InChI is InChI=1S/C11H13F2NO5S/c1-7(10(15)16)20(17,18)14-6-8-4-2-3-5-9(8)19-11(12)13/h2-5,7,11,14H,6H2,1H3,(H,15,16). The molecule has 0 bridgehead atoms. The summed E-state index contributed by atoms with van der Waals surface area (Å²) in [4.78, 5) is 10.6. The molecule has 0 amide bonds. The van der Waals surface area contributed by atoms with Crippen LogP contribution in [0, 0.1) is 0 Å². The number of carbonyl (C=O) groups is 1. The molecule has 2 N–H and O–H groups in total. The maximum absolute atomic E-state index is 12.2. The average molecular weight is 309 g/mol. The van der Waals surface area contributed by atoms with E-state index < -0.39 is 27.9 Å². The number of ether oxygens (including phenoxy) is 1. The van der Waals surface area contributed by atoms with Crippen molar-refractivity contribution in [3.05, 3.63) is 29.8 Å². The van der Waals surface area contributed by atoms with Gasteiger partial charge in [-0.05, 0) is 13.0 Å². The van der Waals surface area contributed by atoms with Crippen LogP contribution in [-0.4, -0.2) is 31.4 Å². The molecule has 1 unspecified atom stereocenters. The van der Waals surface area contributed by atoms with E-state index in [1.54, 1.807) is 0 Å². The molecule has 0 spiro atoms. The van der Waals surface area contributed by atoms with Crippen molar-refractivity contribution in [2.75, 3.05) is 0 Å². The fourth-order valence-electron chi connectivity index (χ4n) is 1.30. The van der Waals surface area contributed by atoms with Gasteiger partial charge in [-0.2, -0.15) is 8.78 Å². The SMILES string of the molecule is CC(C(=O)O)S(=O)(=O)NCc1ccccc1OC(F)F. The van der Waals surface area contributed by atoms with E-state index in [-0.39, 0.29) is 17.9 Å². The molecule has 0 saturated carbocycles. The second kappa shape index (κ2) is 6.62. The monoisotopic (exact) mass is 309 g/mol. The number of hydrogen-bond donors (Lipinski definition) is 2. The van der Waals surface area contributed by atoms with E-state index in [9.17, 15) is 22.0 Å². The van der Waals surface area contributed by atoms with Gasteiger partial charge in [0.05, 0.1) is 0 Å². The van der Waals surface area contributed by atoms with Crippen LogP contribution in [0.4, 0.5) is 8.78 Å². The van der Waals surface area contributed by atoms with E-state index >= 15 is 0 Å². The molecular weight excluding hydrogens is 296 g/mol. The number of para-hydroxylation sites is 1. The molecular formula is C11H13F2NO5S. The number of benzene rings is 1. The Kier molecular flexibility index (Phi) is 5.40. The van der Waals surface area contributed by atoms with Gasteiger partial charge in [0.15, 0.2) is 5.25 Å². The quantitative estimate of drug-likeness (QED) is 0.789. The largest absolute Gasteiger partial charge is 0.480 e. The molecule has 1 aromatic carbocycles. The van der Waals surface area contributed by atoms with Gasteiger partial charge >= 0.3 is 12.6 Å². The van der Waals surface area contributed by atoms with Gasteiger partial charge in [-0.1, -0.05) is 18.2 Å². The molecule has 0 fully saturated rings. The van der Waals surface area contributed by atoms with Crippen molar-refractivity contribution in [1.29, 1.82) is 0 Å². The first-order valence-corrected chi connectivity index (χ1v) is 7.02. The summed E-state index contributed by atoms with van der Waals surface area (Å²) in [5, 5.41) is 7.00. The number of alkyl halides is 2. The summed E-state index contributed by atoms with van der Waals surface area (Å²) in [6, 6.07) is 5.63. The molecule has 0 aliphatic rings. The van der Waals surface area contributed by atoms with E-state index in [1.807, 2.05) is 4.72 Å². The third-order valence-corrected chi connectivity index (χ3v) is 4.14. The molecule has 1 rings (SSSR count). The first-order valence-electron chi connectivity index (χ1n) is 5.48. The Hall–Kier alpha value is -1.74. The summed E-state index contributed by atoms with van der Waals surface area (Å²) in [6.45, 7) is -2.37. The summed E-state index contributed by atoms with van der Waals surface area (Å²) < 4.78 is 53.8. The number of carboxylic acid groups (broad SMARTS) is 1. The van der Waals surface area contributed by atoms with Crippen LogP contribution in [0.25, 0.3) is 0 Å². The number of halogens is 2. The Labute approximate surface area is 114 Å². The van der Waals surface area contributed by atoms with Crippen LogP contribution in [0.3, 0.4) is 0 Å². The summed E-state index contributed by atoms with van der Waals surface area (Å²) in [5.41, 5.74) is 0.175. The van der Waals surface area contributed by atoms with E-state index in [0.717, 1.165) is 6.92 Å². The minimum Gasteiger partial charge on any atom is -0.480 e. The highest BCUT2D eigenvalue weighted by Gasteiger charge is 2.27. The Bertz CT molecular complexity index is 576. The lowest BCUT2D eigenvalue weighted by Gasteiger charge is -2.13. The minimum absolute atomic E-state index is 0.173. The normalized spacial score (nSPS) is 13.2. The van der Waals surface area contributed by atoms with Crippen LogP contribution in [0.2, 0.25) is 0 Å². The van der Waals surface area contributed by atoms with Crippen LogP contribution in [-0.2, 0) is 21.4 Å². The van der Waals surface area contributed by atoms with Crippen LogP contribution in [0.15, 0.2) is 24.3 Å². The summed E-state index contributed by atoms with van der Waals surface area (Å²) in [7, 11) is -4.10.